The van der Waals surface area contributed by atoms with Gasteiger partial charge in [-0.1, -0.05) is 6.92 Å². The Balaban J connectivity index is 1.63. The van der Waals surface area contributed by atoms with Crippen LogP contribution in [0.4, 0.5) is 17.5 Å². The maximum Gasteiger partial charge on any atom is 0.230 e. The van der Waals surface area contributed by atoms with Gasteiger partial charge in [0, 0.05) is 39.4 Å². The molecular formula is C22H31N5O3. The van der Waals surface area contributed by atoms with Crippen molar-refractivity contribution in [2.24, 2.45) is 0 Å². The molecule has 2 fully saturated rings. The van der Waals surface area contributed by atoms with Crippen molar-refractivity contribution in [3.8, 4) is 5.88 Å². The minimum atomic E-state index is 0.299. The number of aromatic nitrogens is 3. The number of anilines is 3. The van der Waals surface area contributed by atoms with Gasteiger partial charge in [0.1, 0.15) is 5.82 Å². The molecule has 2 aromatic heterocycles. The molecule has 0 spiro atoms. The van der Waals surface area contributed by atoms with E-state index in [0.29, 0.717) is 37.8 Å². The van der Waals surface area contributed by atoms with Crippen LogP contribution in [0.5, 0.6) is 5.88 Å². The highest BCUT2D eigenvalue weighted by Crippen LogP contribution is 2.33. The van der Waals surface area contributed by atoms with Crippen LogP contribution in [0, 0.1) is 0 Å². The lowest BCUT2D eigenvalue weighted by molar-refractivity contribution is 0.0894. The van der Waals surface area contributed by atoms with Crippen LogP contribution < -0.4 is 14.5 Å². The van der Waals surface area contributed by atoms with Crippen molar-refractivity contribution in [2.75, 3.05) is 56.4 Å². The molecule has 0 bridgehead atoms. The van der Waals surface area contributed by atoms with Crippen LogP contribution in [-0.2, 0) is 15.9 Å². The normalized spacial score (nSPS) is 19.1. The summed E-state index contributed by atoms with van der Waals surface area (Å²) in [7, 11) is 2.01. The molecule has 0 amide bonds. The van der Waals surface area contributed by atoms with Gasteiger partial charge >= 0.3 is 0 Å². The lowest BCUT2D eigenvalue weighted by atomic mass is 10.2. The molecule has 8 heteroatoms. The average molecular weight is 414 g/mol. The van der Waals surface area contributed by atoms with E-state index >= 15 is 0 Å². The summed E-state index contributed by atoms with van der Waals surface area (Å²) < 4.78 is 17.5. The van der Waals surface area contributed by atoms with Crippen LogP contribution >= 0.6 is 0 Å². The summed E-state index contributed by atoms with van der Waals surface area (Å²) in [5.74, 6) is 2.21. The monoisotopic (exact) mass is 413 g/mol. The van der Waals surface area contributed by atoms with E-state index in [9.17, 15) is 0 Å². The van der Waals surface area contributed by atoms with Gasteiger partial charge in [0.15, 0.2) is 0 Å². The molecule has 8 nitrogen and oxygen atoms in total. The Morgan fingerprint density at radius 3 is 2.80 bits per heavy atom. The number of rotatable bonds is 8. The quantitative estimate of drug-likeness (QED) is 0.654. The Morgan fingerprint density at radius 1 is 1.23 bits per heavy atom. The zero-order valence-electron chi connectivity index (χ0n) is 17.9. The van der Waals surface area contributed by atoms with Crippen LogP contribution in [0.2, 0.25) is 0 Å². The van der Waals surface area contributed by atoms with E-state index < -0.39 is 0 Å². The van der Waals surface area contributed by atoms with E-state index in [4.69, 9.17) is 24.2 Å². The van der Waals surface area contributed by atoms with Gasteiger partial charge in [-0.3, -0.25) is 4.98 Å². The lowest BCUT2D eigenvalue weighted by Gasteiger charge is -2.29. The van der Waals surface area contributed by atoms with Crippen molar-refractivity contribution in [1.82, 2.24) is 15.0 Å². The third-order valence-electron chi connectivity index (χ3n) is 5.64. The topological polar surface area (TPSA) is 72.8 Å². The van der Waals surface area contributed by atoms with Gasteiger partial charge in [0.2, 0.25) is 11.8 Å². The molecule has 1 atom stereocenters. The maximum atomic E-state index is 6.22. The van der Waals surface area contributed by atoms with Crippen molar-refractivity contribution in [1.29, 1.82) is 0 Å². The molecule has 2 aliphatic rings. The first-order valence-corrected chi connectivity index (χ1v) is 10.9. The van der Waals surface area contributed by atoms with Crippen molar-refractivity contribution in [3.63, 3.8) is 0 Å². The molecule has 4 heterocycles. The van der Waals surface area contributed by atoms with E-state index in [-0.39, 0.29) is 0 Å². The summed E-state index contributed by atoms with van der Waals surface area (Å²) in [5.41, 5.74) is 1.98. The largest absolute Gasteiger partial charge is 0.477 e. The fourth-order valence-corrected chi connectivity index (χ4v) is 3.89. The van der Waals surface area contributed by atoms with Gasteiger partial charge in [0.25, 0.3) is 0 Å². The Morgan fingerprint density at radius 2 is 2.10 bits per heavy atom. The highest BCUT2D eigenvalue weighted by Gasteiger charge is 2.23. The number of morpholine rings is 1. The Hall–Kier alpha value is -2.45. The van der Waals surface area contributed by atoms with E-state index in [1.54, 1.807) is 6.20 Å². The highest BCUT2D eigenvalue weighted by atomic mass is 16.5. The fraction of sp³-hybridized carbons (Fsp3) is 0.591. The second-order valence-corrected chi connectivity index (χ2v) is 7.63. The molecule has 2 aliphatic heterocycles. The molecular weight excluding hydrogens is 382 g/mol. The number of pyridine rings is 1. The first kappa shape index (κ1) is 20.8. The molecule has 2 aromatic rings. The van der Waals surface area contributed by atoms with Gasteiger partial charge in [-0.2, -0.15) is 9.97 Å². The van der Waals surface area contributed by atoms with E-state index in [2.05, 4.69) is 21.7 Å². The van der Waals surface area contributed by atoms with E-state index in [1.807, 2.05) is 25.4 Å². The van der Waals surface area contributed by atoms with Gasteiger partial charge in [-0.05, 0) is 31.4 Å². The molecule has 0 aliphatic carbocycles. The first-order valence-electron chi connectivity index (χ1n) is 10.9. The van der Waals surface area contributed by atoms with Gasteiger partial charge < -0.3 is 24.0 Å². The molecule has 1 unspecified atom stereocenters. The molecule has 2 saturated heterocycles. The molecule has 0 aromatic carbocycles. The summed E-state index contributed by atoms with van der Waals surface area (Å²) in [4.78, 5) is 18.2. The Labute approximate surface area is 178 Å². The average Bonchev–Trinajstić information content (AvgIpc) is 3.33. The van der Waals surface area contributed by atoms with E-state index in [0.717, 1.165) is 62.4 Å². The summed E-state index contributed by atoms with van der Waals surface area (Å²) in [5, 5.41) is 0. The molecule has 4 rings (SSSR count). The van der Waals surface area contributed by atoms with Crippen molar-refractivity contribution >= 4 is 17.5 Å². The minimum Gasteiger partial charge on any atom is -0.477 e. The maximum absolute atomic E-state index is 6.22. The predicted octanol–water partition coefficient (Wildman–Crippen LogP) is 2.99. The first-order chi connectivity index (χ1) is 14.8. The molecule has 162 valence electrons. The molecule has 0 radical (unpaired) electrons. The van der Waals surface area contributed by atoms with Crippen molar-refractivity contribution in [3.05, 3.63) is 30.1 Å². The lowest BCUT2D eigenvalue weighted by Crippen LogP contribution is -2.37. The highest BCUT2D eigenvalue weighted by molar-refractivity contribution is 5.65. The van der Waals surface area contributed by atoms with Gasteiger partial charge in [-0.25, -0.2) is 0 Å². The summed E-state index contributed by atoms with van der Waals surface area (Å²) in [6, 6.07) is 3.96. The standard InChI is InChI=1S/C22H31N5O3/c1-3-19-20(26(2)17-6-4-9-23-16-17)24-22(27-10-14-28-15-11-27)25-21(19)30-13-8-18-7-5-12-29-18/h4,6,9,16,18H,3,5,7-8,10-15H2,1-2H3. The number of hydrogen-bond donors (Lipinski definition) is 0. The zero-order chi connectivity index (χ0) is 20.8. The van der Waals surface area contributed by atoms with Crippen molar-refractivity contribution < 1.29 is 14.2 Å². The van der Waals surface area contributed by atoms with Crippen molar-refractivity contribution in [2.45, 2.75) is 38.7 Å². The summed E-state index contributed by atoms with van der Waals surface area (Å²) in [6.07, 6.45) is 7.83. The summed E-state index contributed by atoms with van der Waals surface area (Å²) in [6.45, 7) is 6.48. The number of hydrogen-bond acceptors (Lipinski definition) is 8. The van der Waals surface area contributed by atoms with Crippen LogP contribution in [0.15, 0.2) is 24.5 Å². The second-order valence-electron chi connectivity index (χ2n) is 7.63. The zero-order valence-corrected chi connectivity index (χ0v) is 17.9. The predicted molar refractivity (Wildman–Crippen MR) is 116 cm³/mol. The van der Waals surface area contributed by atoms with Gasteiger partial charge in [-0.15, -0.1) is 0 Å². The Kier molecular flexibility index (Phi) is 6.96. The fourth-order valence-electron chi connectivity index (χ4n) is 3.89. The third kappa shape index (κ3) is 4.82. The summed E-state index contributed by atoms with van der Waals surface area (Å²) >= 11 is 0. The van der Waals surface area contributed by atoms with Gasteiger partial charge in [0.05, 0.1) is 43.4 Å². The molecule has 0 N–H and O–H groups in total. The van der Waals surface area contributed by atoms with Crippen LogP contribution in [0.1, 0.15) is 31.7 Å². The Bertz CT molecular complexity index is 808. The molecule has 0 saturated carbocycles. The SMILES string of the molecule is CCc1c(OCCC2CCCO2)nc(N2CCOCC2)nc1N(C)c1cccnc1. The molecule has 30 heavy (non-hydrogen) atoms. The minimum absolute atomic E-state index is 0.299. The van der Waals surface area contributed by atoms with Crippen LogP contribution in [0.3, 0.4) is 0 Å². The second kappa shape index (κ2) is 10.0. The smallest absolute Gasteiger partial charge is 0.230 e. The third-order valence-corrected chi connectivity index (χ3v) is 5.64. The van der Waals surface area contributed by atoms with Crippen LogP contribution in [-0.4, -0.2) is 67.6 Å². The van der Waals surface area contributed by atoms with E-state index in [1.165, 1.54) is 0 Å². The van der Waals surface area contributed by atoms with Crippen LogP contribution in [0.25, 0.3) is 0 Å². The number of ether oxygens (including phenoxy) is 3. The number of nitrogens with zero attached hydrogens (tertiary/aromatic N) is 5.